The maximum Gasteiger partial charge on any atom is 0.213 e. The zero-order chi connectivity index (χ0) is 20.8. The van der Waals surface area contributed by atoms with Gasteiger partial charge in [-0.1, -0.05) is 12.6 Å². The van der Waals surface area contributed by atoms with Crippen LogP contribution in [0.3, 0.4) is 0 Å². The summed E-state index contributed by atoms with van der Waals surface area (Å²) in [5.41, 5.74) is 3.72. The van der Waals surface area contributed by atoms with Crippen LogP contribution in [0.4, 0.5) is 0 Å². The first-order chi connectivity index (χ1) is 14.0. The predicted molar refractivity (Wildman–Crippen MR) is 117 cm³/mol. The van der Waals surface area contributed by atoms with Crippen molar-refractivity contribution < 1.29 is 9.84 Å². The summed E-state index contributed by atoms with van der Waals surface area (Å²) in [6.45, 7) is 11.4. The molecule has 7 nitrogen and oxygen atoms in total. The second-order valence-electron chi connectivity index (χ2n) is 6.85. The number of rotatable bonds is 5. The van der Waals surface area contributed by atoms with Crippen LogP contribution < -0.4 is 10.1 Å². The SMILES string of the molecule is C=C/C(=N\N=C(/C)N1CCNCC1)c1ccc(-c2cc(C)nc(OC)c2)cc1O. The second-order valence-corrected chi connectivity index (χ2v) is 6.85. The maximum atomic E-state index is 10.6. The highest BCUT2D eigenvalue weighted by Crippen LogP contribution is 2.29. The van der Waals surface area contributed by atoms with Crippen LogP contribution in [0.15, 0.2) is 53.2 Å². The van der Waals surface area contributed by atoms with Crippen LogP contribution in [-0.2, 0) is 0 Å². The standard InChI is InChI=1S/C22H27N5O2/c1-5-20(26-25-16(3)27-10-8-23-9-11-27)19-7-6-17(13-21(19)28)18-12-15(2)24-22(14-18)29-4/h5-7,12-14,23,28H,1,8-11H2,2-4H3/b25-16+,26-20+. The molecule has 0 radical (unpaired) electrons. The Morgan fingerprint density at radius 3 is 2.62 bits per heavy atom. The predicted octanol–water partition coefficient (Wildman–Crippen LogP) is 2.98. The van der Waals surface area contributed by atoms with E-state index in [0.717, 1.165) is 48.8 Å². The van der Waals surface area contributed by atoms with Crippen LogP contribution in [-0.4, -0.2) is 59.8 Å². The summed E-state index contributed by atoms with van der Waals surface area (Å²) in [6, 6.07) is 9.24. The molecule has 2 aromatic rings. The van der Waals surface area contributed by atoms with Gasteiger partial charge in [0.2, 0.25) is 5.88 Å². The number of ether oxygens (including phenoxy) is 1. The Morgan fingerprint density at radius 2 is 1.97 bits per heavy atom. The molecule has 152 valence electrons. The van der Waals surface area contributed by atoms with Crippen LogP contribution in [0.2, 0.25) is 0 Å². The van der Waals surface area contributed by atoms with Gasteiger partial charge in [0, 0.05) is 43.5 Å². The number of hydrogen-bond donors (Lipinski definition) is 2. The Bertz CT molecular complexity index is 946. The van der Waals surface area contributed by atoms with Gasteiger partial charge in [-0.05, 0) is 49.2 Å². The van der Waals surface area contributed by atoms with Crippen molar-refractivity contribution in [3.05, 3.63) is 54.2 Å². The Hall–Kier alpha value is -3.19. The molecule has 7 heteroatoms. The largest absolute Gasteiger partial charge is 0.507 e. The third-order valence-electron chi connectivity index (χ3n) is 4.82. The van der Waals surface area contributed by atoms with Crippen LogP contribution in [0.25, 0.3) is 11.1 Å². The monoisotopic (exact) mass is 393 g/mol. The first-order valence-corrected chi connectivity index (χ1v) is 9.58. The zero-order valence-electron chi connectivity index (χ0n) is 17.1. The van der Waals surface area contributed by atoms with Gasteiger partial charge in [-0.25, -0.2) is 4.98 Å². The lowest BCUT2D eigenvalue weighted by molar-refractivity contribution is 0.355. The lowest BCUT2D eigenvalue weighted by atomic mass is 10.0. The van der Waals surface area contributed by atoms with Gasteiger partial charge in [-0.15, -0.1) is 10.2 Å². The molecule has 0 aliphatic carbocycles. The van der Waals surface area contributed by atoms with Crippen molar-refractivity contribution in [3.8, 4) is 22.8 Å². The van der Waals surface area contributed by atoms with E-state index in [-0.39, 0.29) is 5.75 Å². The van der Waals surface area contributed by atoms with Crippen LogP contribution in [0.5, 0.6) is 11.6 Å². The highest BCUT2D eigenvalue weighted by Gasteiger charge is 2.12. The molecule has 1 aliphatic heterocycles. The van der Waals surface area contributed by atoms with Gasteiger partial charge in [0.05, 0.1) is 12.8 Å². The molecule has 0 saturated carbocycles. The Morgan fingerprint density at radius 1 is 1.21 bits per heavy atom. The van der Waals surface area contributed by atoms with Gasteiger partial charge in [0.25, 0.3) is 0 Å². The second kappa shape index (κ2) is 9.34. The molecule has 0 atom stereocenters. The summed E-state index contributed by atoms with van der Waals surface area (Å²) in [5.74, 6) is 1.50. The van der Waals surface area contributed by atoms with Gasteiger partial charge in [0.1, 0.15) is 11.6 Å². The summed E-state index contributed by atoms with van der Waals surface area (Å²) in [7, 11) is 1.59. The fourth-order valence-corrected chi connectivity index (χ4v) is 3.22. The first kappa shape index (κ1) is 20.5. The number of hydrogen-bond acceptors (Lipinski definition) is 6. The number of methoxy groups -OCH3 is 1. The van der Waals surface area contributed by atoms with Crippen LogP contribution in [0, 0.1) is 6.92 Å². The van der Waals surface area contributed by atoms with Gasteiger partial charge < -0.3 is 20.1 Å². The van der Waals surface area contributed by atoms with E-state index >= 15 is 0 Å². The molecule has 0 unspecified atom stereocenters. The number of aromatic hydroxyl groups is 1. The summed E-state index contributed by atoms with van der Waals surface area (Å²) in [4.78, 5) is 6.48. The molecule has 1 fully saturated rings. The molecular formula is C22H27N5O2. The van der Waals surface area contributed by atoms with Crippen molar-refractivity contribution in [1.29, 1.82) is 0 Å². The van der Waals surface area contributed by atoms with Gasteiger partial charge in [0.15, 0.2) is 0 Å². The topological polar surface area (TPSA) is 82.3 Å². The summed E-state index contributed by atoms with van der Waals surface area (Å²) in [6.07, 6.45) is 1.60. The Balaban J connectivity index is 1.88. The molecule has 1 aliphatic rings. The van der Waals surface area contributed by atoms with E-state index in [1.807, 2.05) is 38.1 Å². The molecule has 29 heavy (non-hydrogen) atoms. The van der Waals surface area contributed by atoms with E-state index in [4.69, 9.17) is 4.74 Å². The number of allylic oxidation sites excluding steroid dienone is 1. The smallest absolute Gasteiger partial charge is 0.213 e. The fourth-order valence-electron chi connectivity index (χ4n) is 3.22. The van der Waals surface area contributed by atoms with E-state index in [2.05, 4.69) is 32.0 Å². The van der Waals surface area contributed by atoms with Crippen LogP contribution in [0.1, 0.15) is 18.2 Å². The molecule has 3 rings (SSSR count). The number of nitrogens with zero attached hydrogens (tertiary/aromatic N) is 4. The maximum absolute atomic E-state index is 10.6. The number of aromatic nitrogens is 1. The number of aryl methyl sites for hydroxylation is 1. The van der Waals surface area contributed by atoms with Crippen LogP contribution >= 0.6 is 0 Å². The van der Waals surface area contributed by atoms with Gasteiger partial charge >= 0.3 is 0 Å². The van der Waals surface area contributed by atoms with Crippen molar-refractivity contribution in [2.24, 2.45) is 10.2 Å². The lowest BCUT2D eigenvalue weighted by Gasteiger charge is -2.28. The minimum Gasteiger partial charge on any atom is -0.507 e. The number of benzene rings is 1. The number of pyridine rings is 1. The first-order valence-electron chi connectivity index (χ1n) is 9.58. The fraction of sp³-hybridized carbons (Fsp3) is 0.318. The van der Waals surface area contributed by atoms with E-state index in [1.165, 1.54) is 0 Å². The number of nitrogens with one attached hydrogen (secondary N) is 1. The van der Waals surface area contributed by atoms with Crippen molar-refractivity contribution in [2.75, 3.05) is 33.3 Å². The third-order valence-corrected chi connectivity index (χ3v) is 4.82. The molecule has 1 aromatic heterocycles. The molecule has 2 heterocycles. The molecule has 1 aromatic carbocycles. The van der Waals surface area contributed by atoms with E-state index in [0.29, 0.717) is 17.2 Å². The number of phenolic OH excluding ortho intramolecular Hbond substituents is 1. The van der Waals surface area contributed by atoms with Crippen molar-refractivity contribution in [3.63, 3.8) is 0 Å². The molecule has 0 bridgehead atoms. The van der Waals surface area contributed by atoms with Crippen molar-refractivity contribution in [2.45, 2.75) is 13.8 Å². The molecule has 0 amide bonds. The number of piperazine rings is 1. The van der Waals surface area contributed by atoms with Crippen molar-refractivity contribution in [1.82, 2.24) is 15.2 Å². The van der Waals surface area contributed by atoms with Crippen molar-refractivity contribution >= 4 is 11.5 Å². The summed E-state index contributed by atoms with van der Waals surface area (Å²) < 4.78 is 5.24. The molecule has 1 saturated heterocycles. The highest BCUT2D eigenvalue weighted by molar-refractivity contribution is 6.10. The van der Waals surface area contributed by atoms with E-state index in [1.54, 1.807) is 19.3 Å². The highest BCUT2D eigenvalue weighted by atomic mass is 16.5. The lowest BCUT2D eigenvalue weighted by Crippen LogP contribution is -2.45. The minimum absolute atomic E-state index is 0.115. The minimum atomic E-state index is 0.115. The molecular weight excluding hydrogens is 366 g/mol. The van der Waals surface area contributed by atoms with Gasteiger partial charge in [-0.2, -0.15) is 0 Å². The summed E-state index contributed by atoms with van der Waals surface area (Å²) >= 11 is 0. The average Bonchev–Trinajstić information content (AvgIpc) is 2.74. The normalized spacial score (nSPS) is 15.3. The molecule has 2 N–H and O–H groups in total. The number of amidine groups is 1. The van der Waals surface area contributed by atoms with E-state index < -0.39 is 0 Å². The van der Waals surface area contributed by atoms with E-state index in [9.17, 15) is 5.11 Å². The zero-order valence-corrected chi connectivity index (χ0v) is 17.1. The average molecular weight is 393 g/mol. The Kier molecular flexibility index (Phi) is 6.61. The quantitative estimate of drug-likeness (QED) is 0.464. The summed E-state index contributed by atoms with van der Waals surface area (Å²) in [5, 5.41) is 22.6. The third kappa shape index (κ3) is 5.00. The molecule has 0 spiro atoms. The number of phenols is 1. The van der Waals surface area contributed by atoms with Gasteiger partial charge in [-0.3, -0.25) is 0 Å². The Labute approximate surface area is 171 Å².